The van der Waals surface area contributed by atoms with Gasteiger partial charge in [-0.15, -0.1) is 0 Å². The number of rotatable bonds is 2. The van der Waals surface area contributed by atoms with Crippen LogP contribution in [-0.2, 0) is 4.74 Å². The number of aromatic nitrogens is 1. The Hall–Kier alpha value is -1.89. The van der Waals surface area contributed by atoms with Crippen LogP contribution in [0.2, 0.25) is 0 Å². The van der Waals surface area contributed by atoms with Gasteiger partial charge in [-0.25, -0.2) is 9.78 Å². The molecule has 4 nitrogen and oxygen atoms in total. The van der Waals surface area contributed by atoms with Crippen LogP contribution in [0.1, 0.15) is 28.5 Å². The van der Waals surface area contributed by atoms with E-state index in [0.29, 0.717) is 17.7 Å². The Morgan fingerprint density at radius 1 is 1.71 bits per heavy atom. The van der Waals surface area contributed by atoms with Crippen LogP contribution in [0.4, 0.5) is 0 Å². The molecule has 0 aromatic carbocycles. The largest absolute Gasteiger partial charge is 0.461 e. The summed E-state index contributed by atoms with van der Waals surface area (Å²) < 4.78 is 4.80. The van der Waals surface area contributed by atoms with Crippen LogP contribution in [0.25, 0.3) is 0 Å². The third-order valence-corrected chi connectivity index (χ3v) is 1.68. The van der Waals surface area contributed by atoms with Crippen molar-refractivity contribution in [2.24, 2.45) is 0 Å². The number of nitriles is 1. The summed E-state index contributed by atoms with van der Waals surface area (Å²) in [5.74, 6) is -0.450. The molecule has 1 rings (SSSR count). The third-order valence-electron chi connectivity index (χ3n) is 1.68. The number of pyridine rings is 1. The van der Waals surface area contributed by atoms with Crippen LogP contribution in [0.5, 0.6) is 0 Å². The van der Waals surface area contributed by atoms with Crippen LogP contribution < -0.4 is 0 Å². The van der Waals surface area contributed by atoms with Gasteiger partial charge in [-0.3, -0.25) is 0 Å². The summed E-state index contributed by atoms with van der Waals surface area (Å²) in [7, 11) is 0. The van der Waals surface area contributed by atoms with Crippen molar-refractivity contribution in [3.05, 3.63) is 29.1 Å². The van der Waals surface area contributed by atoms with Crippen LogP contribution >= 0.6 is 0 Å². The maximum absolute atomic E-state index is 11.3. The summed E-state index contributed by atoms with van der Waals surface area (Å²) in [5, 5.41) is 8.59. The minimum absolute atomic E-state index is 0.269. The van der Waals surface area contributed by atoms with Crippen molar-refractivity contribution < 1.29 is 9.53 Å². The molecule has 0 saturated heterocycles. The molecule has 72 valence electrons. The molecule has 1 aromatic heterocycles. The zero-order valence-electron chi connectivity index (χ0n) is 8.07. The van der Waals surface area contributed by atoms with E-state index in [2.05, 4.69) is 4.98 Å². The van der Waals surface area contributed by atoms with E-state index in [1.54, 1.807) is 19.9 Å². The molecule has 0 radical (unpaired) electrons. The molecule has 0 aliphatic heterocycles. The van der Waals surface area contributed by atoms with Gasteiger partial charge in [0.2, 0.25) is 0 Å². The molecule has 4 heteroatoms. The Balaban J connectivity index is 3.01. The smallest absolute Gasteiger partial charge is 0.357 e. The lowest BCUT2D eigenvalue weighted by Gasteiger charge is -2.03. The third kappa shape index (κ3) is 2.07. The number of esters is 1. The van der Waals surface area contributed by atoms with E-state index >= 15 is 0 Å². The number of nitrogens with zero attached hydrogens (tertiary/aromatic N) is 2. The van der Waals surface area contributed by atoms with Gasteiger partial charge in [0.15, 0.2) is 5.69 Å². The van der Waals surface area contributed by atoms with Crippen LogP contribution in [0, 0.1) is 18.3 Å². The molecule has 0 spiro atoms. The molecule has 0 amide bonds. The van der Waals surface area contributed by atoms with Crippen LogP contribution in [0.3, 0.4) is 0 Å². The number of hydrogen-bond acceptors (Lipinski definition) is 4. The van der Waals surface area contributed by atoms with E-state index in [-0.39, 0.29) is 5.69 Å². The van der Waals surface area contributed by atoms with E-state index in [9.17, 15) is 4.79 Å². The fourth-order valence-electron chi connectivity index (χ4n) is 1.05. The maximum Gasteiger partial charge on any atom is 0.357 e. The van der Waals surface area contributed by atoms with Gasteiger partial charge >= 0.3 is 5.97 Å². The quantitative estimate of drug-likeness (QED) is 0.662. The highest BCUT2D eigenvalue weighted by Crippen LogP contribution is 2.08. The van der Waals surface area contributed by atoms with E-state index in [1.807, 2.05) is 6.07 Å². The highest BCUT2D eigenvalue weighted by molar-refractivity contribution is 5.88. The highest BCUT2D eigenvalue weighted by atomic mass is 16.5. The lowest BCUT2D eigenvalue weighted by molar-refractivity contribution is 0.0518. The zero-order valence-corrected chi connectivity index (χ0v) is 8.07. The minimum atomic E-state index is -0.450. The number of ether oxygens (including phenoxy) is 1. The molecule has 0 aliphatic rings. The van der Waals surface area contributed by atoms with E-state index < -0.39 is 5.97 Å². The summed E-state index contributed by atoms with van der Waals surface area (Å²) in [5.41, 5.74) is 1.36. The second-order valence-electron chi connectivity index (χ2n) is 2.72. The normalized spacial score (nSPS) is 9.21. The first-order valence-corrected chi connectivity index (χ1v) is 4.23. The van der Waals surface area contributed by atoms with Gasteiger partial charge in [0.1, 0.15) is 6.07 Å². The molecule has 0 unspecified atom stereocenters. The fraction of sp³-hybridized carbons (Fsp3) is 0.300. The lowest BCUT2D eigenvalue weighted by atomic mass is 10.1. The topological polar surface area (TPSA) is 63.0 Å². The van der Waals surface area contributed by atoms with E-state index in [4.69, 9.17) is 10.00 Å². The van der Waals surface area contributed by atoms with Crippen LogP contribution in [-0.4, -0.2) is 17.6 Å². The fourth-order valence-corrected chi connectivity index (χ4v) is 1.05. The molecular weight excluding hydrogens is 180 g/mol. The second kappa shape index (κ2) is 4.38. The SMILES string of the molecule is CCOC(=O)c1ncc(C#N)cc1C. The molecular formula is C10H10N2O2. The highest BCUT2D eigenvalue weighted by Gasteiger charge is 2.11. The predicted octanol–water partition coefficient (Wildman–Crippen LogP) is 1.44. The molecule has 1 aromatic rings. The molecule has 1 heterocycles. The Labute approximate surface area is 82.1 Å². The van der Waals surface area contributed by atoms with Crippen LogP contribution in [0.15, 0.2) is 12.3 Å². The number of aryl methyl sites for hydroxylation is 1. The molecule has 0 atom stereocenters. The van der Waals surface area contributed by atoms with Gasteiger partial charge in [0.05, 0.1) is 12.2 Å². The van der Waals surface area contributed by atoms with Gasteiger partial charge in [-0.1, -0.05) is 0 Å². The Morgan fingerprint density at radius 2 is 2.43 bits per heavy atom. The minimum Gasteiger partial charge on any atom is -0.461 e. The molecule has 0 saturated carbocycles. The van der Waals surface area contributed by atoms with Gasteiger partial charge in [-0.05, 0) is 25.5 Å². The molecule has 0 fully saturated rings. The summed E-state index contributed by atoms with van der Waals surface area (Å²) in [6.07, 6.45) is 1.36. The van der Waals surface area contributed by atoms with Gasteiger partial charge in [0.25, 0.3) is 0 Å². The maximum atomic E-state index is 11.3. The lowest BCUT2D eigenvalue weighted by Crippen LogP contribution is -2.09. The zero-order chi connectivity index (χ0) is 10.6. The number of carbonyl (C=O) groups is 1. The van der Waals surface area contributed by atoms with Crippen molar-refractivity contribution in [3.8, 4) is 6.07 Å². The van der Waals surface area contributed by atoms with Crippen molar-refractivity contribution in [2.45, 2.75) is 13.8 Å². The van der Waals surface area contributed by atoms with Crippen molar-refractivity contribution in [3.63, 3.8) is 0 Å². The van der Waals surface area contributed by atoms with E-state index in [1.165, 1.54) is 6.20 Å². The average molecular weight is 190 g/mol. The Bertz CT molecular complexity index is 394. The first-order valence-electron chi connectivity index (χ1n) is 4.23. The van der Waals surface area contributed by atoms with Crippen molar-refractivity contribution in [1.82, 2.24) is 4.98 Å². The number of carbonyl (C=O) groups excluding carboxylic acids is 1. The Morgan fingerprint density at radius 3 is 2.93 bits per heavy atom. The summed E-state index contributed by atoms with van der Waals surface area (Å²) in [6, 6.07) is 3.56. The first-order chi connectivity index (χ1) is 6.69. The molecule has 0 bridgehead atoms. The summed E-state index contributed by atoms with van der Waals surface area (Å²) in [4.78, 5) is 15.2. The summed E-state index contributed by atoms with van der Waals surface area (Å²) >= 11 is 0. The first kappa shape index (κ1) is 10.2. The van der Waals surface area contributed by atoms with Gasteiger partial charge in [0, 0.05) is 6.20 Å². The van der Waals surface area contributed by atoms with Gasteiger partial charge in [-0.2, -0.15) is 5.26 Å². The molecule has 0 aliphatic carbocycles. The molecule has 0 N–H and O–H groups in total. The van der Waals surface area contributed by atoms with Crippen molar-refractivity contribution in [2.75, 3.05) is 6.61 Å². The average Bonchev–Trinajstić information content (AvgIpc) is 2.17. The van der Waals surface area contributed by atoms with E-state index in [0.717, 1.165) is 0 Å². The summed E-state index contributed by atoms with van der Waals surface area (Å²) in [6.45, 7) is 3.77. The van der Waals surface area contributed by atoms with Gasteiger partial charge < -0.3 is 4.74 Å². The van der Waals surface area contributed by atoms with Crippen molar-refractivity contribution >= 4 is 5.97 Å². The second-order valence-corrected chi connectivity index (χ2v) is 2.72. The monoisotopic (exact) mass is 190 g/mol. The predicted molar refractivity (Wildman–Crippen MR) is 49.6 cm³/mol. The van der Waals surface area contributed by atoms with Crippen molar-refractivity contribution in [1.29, 1.82) is 5.26 Å². The molecule has 14 heavy (non-hydrogen) atoms. The number of hydrogen-bond donors (Lipinski definition) is 0. The standard InChI is InChI=1S/C10H10N2O2/c1-3-14-10(13)9-7(2)4-8(5-11)6-12-9/h4,6H,3H2,1-2H3. The Kier molecular flexibility index (Phi) is 3.19.